The molecule has 0 radical (unpaired) electrons. The van der Waals surface area contributed by atoms with Gasteiger partial charge in [-0.3, -0.25) is 19.6 Å². The predicted octanol–water partition coefficient (Wildman–Crippen LogP) is 5.87. The fourth-order valence-corrected chi connectivity index (χ4v) is 7.82. The van der Waals surface area contributed by atoms with Crippen LogP contribution in [-0.4, -0.2) is 84.2 Å². The van der Waals surface area contributed by atoms with Gasteiger partial charge < -0.3 is 10.2 Å². The number of rotatable bonds is 8. The van der Waals surface area contributed by atoms with E-state index in [2.05, 4.69) is 36.5 Å². The number of hydrogen-bond acceptors (Lipinski definition) is 9. The van der Waals surface area contributed by atoms with E-state index in [1.165, 1.54) is 12.1 Å². The summed E-state index contributed by atoms with van der Waals surface area (Å²) >= 11 is 1.55. The molecule has 0 bridgehead atoms. The van der Waals surface area contributed by atoms with Crippen molar-refractivity contribution in [3.63, 3.8) is 0 Å². The van der Waals surface area contributed by atoms with Gasteiger partial charge in [-0.1, -0.05) is 6.08 Å². The lowest BCUT2D eigenvalue weighted by Crippen LogP contribution is -2.45. The van der Waals surface area contributed by atoms with Crippen LogP contribution in [0.5, 0.6) is 0 Å². The number of halogens is 2. The van der Waals surface area contributed by atoms with Crippen molar-refractivity contribution < 1.29 is 14.0 Å². The van der Waals surface area contributed by atoms with Crippen LogP contribution in [0.2, 0.25) is 0 Å². The molecular weight excluding hydrogens is 647 g/mol. The van der Waals surface area contributed by atoms with Crippen molar-refractivity contribution in [1.82, 2.24) is 34.9 Å². The minimum Gasteiger partial charge on any atom is -0.338 e. The van der Waals surface area contributed by atoms with Crippen molar-refractivity contribution in [3.05, 3.63) is 84.0 Å². The number of nitrogens with zero attached hydrogens (tertiary/aromatic N) is 6. The molecule has 1 fully saturated rings. The molecule has 1 atom stereocenters. The van der Waals surface area contributed by atoms with Crippen molar-refractivity contribution in [3.8, 4) is 22.0 Å². The Morgan fingerprint density at radius 1 is 1.11 bits per heavy atom. The largest absolute Gasteiger partial charge is 0.338 e. The van der Waals surface area contributed by atoms with E-state index in [4.69, 9.17) is 10.7 Å². The van der Waals surface area contributed by atoms with E-state index >= 15 is 0 Å². The van der Waals surface area contributed by atoms with E-state index in [9.17, 15) is 14.0 Å². The molecule has 0 unspecified atom stereocenters. The molecule has 5 aromatic rings. The number of nitrogens with one attached hydrogen (secondary N) is 2. The predicted molar refractivity (Wildman–Crippen MR) is 180 cm³/mol. The van der Waals surface area contributed by atoms with Gasteiger partial charge in [-0.25, -0.2) is 19.3 Å². The zero-order valence-electron chi connectivity index (χ0n) is 24.5. The first-order chi connectivity index (χ1) is 22.4. The molecule has 2 amide bonds. The van der Waals surface area contributed by atoms with Crippen molar-refractivity contribution in [1.29, 1.82) is 0 Å². The molecule has 0 saturated carbocycles. The number of H-pyrrole nitrogens is 1. The SMILES string of the molecule is O=C(CN1CC[C@@](SCl)(C(=O)Nc2ccc3[nH]nc(-c4ccc(F)cc4)c3c2)C1)N1CC=C(c2ncc(-c3ncccn3)s2)CC1. The summed E-state index contributed by atoms with van der Waals surface area (Å²) in [5.41, 5.74) is 3.93. The number of aromatic nitrogens is 5. The number of carbonyl (C=O) groups excluding carboxylic acids is 2. The number of benzene rings is 2. The topological polar surface area (TPSA) is 120 Å². The molecule has 2 aliphatic heterocycles. The van der Waals surface area contributed by atoms with Crippen molar-refractivity contribution >= 4 is 67.0 Å². The Kier molecular flexibility index (Phi) is 8.56. The first-order valence-corrected chi connectivity index (χ1v) is 17.1. The normalized spacial score (nSPS) is 18.6. The second-order valence-electron chi connectivity index (χ2n) is 11.2. The molecule has 234 valence electrons. The summed E-state index contributed by atoms with van der Waals surface area (Å²) < 4.78 is 12.5. The Bertz CT molecular complexity index is 1930. The van der Waals surface area contributed by atoms with E-state index in [0.29, 0.717) is 56.2 Å². The Labute approximate surface area is 276 Å². The van der Waals surface area contributed by atoms with Gasteiger partial charge in [0.25, 0.3) is 0 Å². The second-order valence-corrected chi connectivity index (χ2v) is 13.7. The zero-order valence-corrected chi connectivity index (χ0v) is 26.8. The average Bonchev–Trinajstić information content (AvgIpc) is 3.85. The summed E-state index contributed by atoms with van der Waals surface area (Å²) in [5.74, 6) is 0.126. The number of aromatic amines is 1. The second kappa shape index (κ2) is 12.9. The lowest BCUT2D eigenvalue weighted by molar-refractivity contribution is -0.132. The van der Waals surface area contributed by atoms with Crippen LogP contribution in [0.25, 0.3) is 38.4 Å². The maximum absolute atomic E-state index is 13.6. The highest BCUT2D eigenvalue weighted by Gasteiger charge is 2.46. The molecule has 14 heteroatoms. The molecule has 3 aromatic heterocycles. The molecular formula is C32H28ClFN8O2S2. The summed E-state index contributed by atoms with van der Waals surface area (Å²) in [6.45, 7) is 2.25. The van der Waals surface area contributed by atoms with Gasteiger partial charge in [0.05, 0.1) is 22.6 Å². The smallest absolute Gasteiger partial charge is 0.243 e. The third kappa shape index (κ3) is 6.15. The molecule has 2 aromatic carbocycles. The highest BCUT2D eigenvalue weighted by Crippen LogP contribution is 2.39. The molecule has 2 N–H and O–H groups in total. The standard InChI is InChI=1S/C32H28ClFN8O2S2/c33-46-32(31(44)38-23-6-7-25-24(16-23)28(40-39-25)20-2-4-22(34)5-3-20)10-15-41(19-32)18-27(43)42-13-8-21(9-14-42)30-37-17-26(45-30)29-35-11-1-12-36-29/h1-8,11-12,16-17H,9-10,13-15,18-19H2,(H,38,44)(H,39,40)/t32-/m0/s1. The monoisotopic (exact) mass is 674 g/mol. The number of hydrogen-bond donors (Lipinski definition) is 2. The highest BCUT2D eigenvalue weighted by molar-refractivity contribution is 8.22. The summed E-state index contributed by atoms with van der Waals surface area (Å²) in [5, 5.41) is 12.1. The van der Waals surface area contributed by atoms with Crippen LogP contribution in [0.4, 0.5) is 10.1 Å². The van der Waals surface area contributed by atoms with Gasteiger partial charge in [0.2, 0.25) is 11.8 Å². The first-order valence-electron chi connectivity index (χ1n) is 14.7. The van der Waals surface area contributed by atoms with E-state index in [1.54, 1.807) is 54.2 Å². The molecule has 2 aliphatic rings. The minimum atomic E-state index is -0.910. The summed E-state index contributed by atoms with van der Waals surface area (Å²) in [4.78, 5) is 44.8. The number of carbonyl (C=O) groups is 2. The van der Waals surface area contributed by atoms with Crippen molar-refractivity contribution in [2.75, 3.05) is 38.0 Å². The third-order valence-electron chi connectivity index (χ3n) is 8.30. The maximum atomic E-state index is 13.6. The van der Waals surface area contributed by atoms with Crippen molar-refractivity contribution in [2.45, 2.75) is 17.6 Å². The van der Waals surface area contributed by atoms with Gasteiger partial charge >= 0.3 is 0 Å². The van der Waals surface area contributed by atoms with Gasteiger partial charge in [-0.2, -0.15) is 5.10 Å². The quantitative estimate of drug-likeness (QED) is 0.210. The molecule has 0 aliphatic carbocycles. The lowest BCUT2D eigenvalue weighted by atomic mass is 10.1. The molecule has 46 heavy (non-hydrogen) atoms. The Morgan fingerprint density at radius 3 is 2.70 bits per heavy atom. The van der Waals surface area contributed by atoms with Gasteiger partial charge in [0.15, 0.2) is 5.82 Å². The third-order valence-corrected chi connectivity index (χ3v) is 11.1. The summed E-state index contributed by atoms with van der Waals surface area (Å²) in [6.07, 6.45) is 8.49. The fourth-order valence-electron chi connectivity index (χ4n) is 5.77. The van der Waals surface area contributed by atoms with E-state index in [1.807, 2.05) is 21.9 Å². The van der Waals surface area contributed by atoms with Gasteiger partial charge in [0.1, 0.15) is 15.6 Å². The molecule has 5 heterocycles. The number of thiazole rings is 1. The van der Waals surface area contributed by atoms with Gasteiger partial charge in [0, 0.05) is 61.4 Å². The van der Waals surface area contributed by atoms with E-state index < -0.39 is 4.75 Å². The molecule has 1 saturated heterocycles. The summed E-state index contributed by atoms with van der Waals surface area (Å²) in [7, 11) is 7.35. The van der Waals surface area contributed by atoms with E-state index in [0.717, 1.165) is 42.9 Å². The van der Waals surface area contributed by atoms with Crippen LogP contribution in [0.3, 0.4) is 0 Å². The van der Waals surface area contributed by atoms with Crippen LogP contribution in [0, 0.1) is 5.82 Å². The Morgan fingerprint density at radius 2 is 1.93 bits per heavy atom. The van der Waals surface area contributed by atoms with Crippen molar-refractivity contribution in [2.24, 2.45) is 0 Å². The average molecular weight is 675 g/mol. The maximum Gasteiger partial charge on any atom is 0.243 e. The number of fused-ring (bicyclic) bond motifs is 1. The highest BCUT2D eigenvalue weighted by atomic mass is 35.7. The molecule has 0 spiro atoms. The first kappa shape index (κ1) is 30.5. The Hall–Kier alpha value is -4.17. The minimum absolute atomic E-state index is 0.0160. The van der Waals surface area contributed by atoms with Crippen LogP contribution in [0.1, 0.15) is 17.8 Å². The zero-order chi connectivity index (χ0) is 31.7. The van der Waals surface area contributed by atoms with Crippen LogP contribution < -0.4 is 5.32 Å². The lowest BCUT2D eigenvalue weighted by Gasteiger charge is -2.29. The van der Waals surface area contributed by atoms with Crippen LogP contribution in [-0.2, 0) is 9.59 Å². The fraction of sp³-hybridized carbons (Fsp3) is 0.250. The Balaban J connectivity index is 0.968. The summed E-state index contributed by atoms with van der Waals surface area (Å²) in [6, 6.07) is 13.4. The van der Waals surface area contributed by atoms with E-state index in [-0.39, 0.29) is 24.2 Å². The number of likely N-dealkylation sites (tertiary alicyclic amines) is 1. The van der Waals surface area contributed by atoms with Gasteiger partial charge in [-0.15, -0.1) is 11.3 Å². The molecule has 7 rings (SSSR count). The van der Waals surface area contributed by atoms with Gasteiger partial charge in [-0.05, 0) is 88.6 Å². The van der Waals surface area contributed by atoms with Crippen LogP contribution in [0.15, 0.2) is 73.2 Å². The number of anilines is 1. The molecule has 10 nitrogen and oxygen atoms in total. The number of amides is 2. The van der Waals surface area contributed by atoms with Crippen LogP contribution >= 0.6 is 33.0 Å².